The molecule has 1 rings (SSSR count). The molecule has 0 radical (unpaired) electrons. The predicted octanol–water partition coefficient (Wildman–Crippen LogP) is 1.50. The summed E-state index contributed by atoms with van der Waals surface area (Å²) in [6, 6.07) is 0. The molecule has 0 amide bonds. The molecule has 0 fully saturated rings. The average Bonchev–Trinajstić information content (AvgIpc) is 2.18. The van der Waals surface area contributed by atoms with Gasteiger partial charge in [0.2, 0.25) is 0 Å². The summed E-state index contributed by atoms with van der Waals surface area (Å²) >= 11 is 0. The van der Waals surface area contributed by atoms with Crippen molar-refractivity contribution < 1.29 is 0 Å². The van der Waals surface area contributed by atoms with Crippen molar-refractivity contribution in [3.63, 3.8) is 0 Å². The molecule has 3 heteroatoms. The van der Waals surface area contributed by atoms with Crippen LogP contribution in [0.1, 0.15) is 25.1 Å². The van der Waals surface area contributed by atoms with Crippen LogP contribution in [0.15, 0.2) is 0 Å². The Morgan fingerprint density at radius 1 is 1.55 bits per heavy atom. The maximum Gasteiger partial charge on any atom is 0.148 e. The lowest BCUT2D eigenvalue weighted by Crippen LogP contribution is -1.96. The van der Waals surface area contributed by atoms with Gasteiger partial charge in [-0.15, -0.1) is 0 Å². The highest BCUT2D eigenvalue weighted by atomic mass is 15.2. The zero-order valence-corrected chi connectivity index (χ0v) is 7.31. The number of hydrogen-bond donors (Lipinski definition) is 2. The number of nitrogens with zero attached hydrogens (tertiary/aromatic N) is 1. The lowest BCUT2D eigenvalue weighted by atomic mass is 10.1. The molecule has 0 aliphatic rings. The molecule has 0 saturated heterocycles. The number of nitrogen functional groups attached to an aromatic ring is 1. The molecule has 3 nitrogen and oxygen atoms in total. The summed E-state index contributed by atoms with van der Waals surface area (Å²) in [5.41, 5.74) is 7.83. The van der Waals surface area contributed by atoms with Crippen LogP contribution in [-0.2, 0) is 6.42 Å². The zero-order valence-electron chi connectivity index (χ0n) is 7.31. The van der Waals surface area contributed by atoms with Gasteiger partial charge in [-0.1, -0.05) is 13.8 Å². The van der Waals surface area contributed by atoms with Crippen LogP contribution >= 0.6 is 0 Å². The van der Waals surface area contributed by atoms with Crippen molar-refractivity contribution in [2.24, 2.45) is 5.92 Å². The lowest BCUT2D eigenvalue weighted by Gasteiger charge is -2.01. The van der Waals surface area contributed by atoms with E-state index in [0.29, 0.717) is 11.7 Å². The van der Waals surface area contributed by atoms with Crippen molar-refractivity contribution in [2.45, 2.75) is 27.2 Å². The summed E-state index contributed by atoms with van der Waals surface area (Å²) < 4.78 is 0. The molecule has 0 aliphatic heterocycles. The maximum atomic E-state index is 5.57. The Morgan fingerprint density at radius 2 is 2.18 bits per heavy atom. The average molecular weight is 153 g/mol. The first kappa shape index (κ1) is 8.11. The third-order valence-corrected chi connectivity index (χ3v) is 1.76. The summed E-state index contributed by atoms with van der Waals surface area (Å²) in [5.74, 6) is 1.27. The molecule has 62 valence electrons. The maximum absolute atomic E-state index is 5.57. The summed E-state index contributed by atoms with van der Waals surface area (Å²) in [5, 5.41) is 6.85. The number of nitrogens with one attached hydrogen (secondary N) is 1. The fraction of sp³-hybridized carbons (Fsp3) is 0.625. The zero-order chi connectivity index (χ0) is 8.43. The molecular weight excluding hydrogens is 138 g/mol. The Hall–Kier alpha value is -0.990. The largest absolute Gasteiger partial charge is 0.382 e. The van der Waals surface area contributed by atoms with Gasteiger partial charge >= 0.3 is 0 Å². The van der Waals surface area contributed by atoms with Crippen LogP contribution < -0.4 is 5.73 Å². The number of H-pyrrole nitrogens is 1. The quantitative estimate of drug-likeness (QED) is 0.676. The van der Waals surface area contributed by atoms with Gasteiger partial charge in [-0.25, -0.2) is 0 Å². The first-order valence-corrected chi connectivity index (χ1v) is 3.90. The highest BCUT2D eigenvalue weighted by Crippen LogP contribution is 2.14. The number of aromatic nitrogens is 2. The van der Waals surface area contributed by atoms with Crippen LogP contribution in [0, 0.1) is 12.8 Å². The topological polar surface area (TPSA) is 54.7 Å². The van der Waals surface area contributed by atoms with Crippen LogP contribution in [0.25, 0.3) is 0 Å². The molecular formula is C8H15N3. The van der Waals surface area contributed by atoms with Crippen molar-refractivity contribution >= 4 is 5.82 Å². The Balaban J connectivity index is 2.79. The van der Waals surface area contributed by atoms with Gasteiger partial charge in [0.05, 0.1) is 0 Å². The number of anilines is 1. The van der Waals surface area contributed by atoms with Gasteiger partial charge in [-0.3, -0.25) is 5.10 Å². The summed E-state index contributed by atoms with van der Waals surface area (Å²) in [4.78, 5) is 0. The van der Waals surface area contributed by atoms with E-state index in [-0.39, 0.29) is 0 Å². The molecule has 3 N–H and O–H groups in total. The number of rotatable bonds is 2. The molecule has 0 saturated carbocycles. The fourth-order valence-corrected chi connectivity index (χ4v) is 1.06. The van der Waals surface area contributed by atoms with E-state index >= 15 is 0 Å². The molecule has 0 bridgehead atoms. The highest BCUT2D eigenvalue weighted by Gasteiger charge is 2.06. The second-order valence-corrected chi connectivity index (χ2v) is 3.31. The Morgan fingerprint density at radius 3 is 2.55 bits per heavy atom. The molecule has 0 unspecified atom stereocenters. The Labute approximate surface area is 67.0 Å². The number of nitrogens with two attached hydrogens (primary N) is 1. The normalized spacial score (nSPS) is 10.9. The van der Waals surface area contributed by atoms with Crippen LogP contribution in [0.3, 0.4) is 0 Å². The standard InChI is InChI=1S/C8H15N3/c1-5(2)4-7-6(3)8(9)11-10-7/h5H,4H2,1-3H3,(H3,9,10,11). The van der Waals surface area contributed by atoms with Crippen molar-refractivity contribution in [1.82, 2.24) is 10.2 Å². The van der Waals surface area contributed by atoms with Crippen LogP contribution in [0.4, 0.5) is 5.82 Å². The fourth-order valence-electron chi connectivity index (χ4n) is 1.06. The Bertz CT molecular complexity index is 237. The molecule has 0 spiro atoms. The van der Waals surface area contributed by atoms with E-state index in [2.05, 4.69) is 24.0 Å². The van der Waals surface area contributed by atoms with Gasteiger partial charge in [0.25, 0.3) is 0 Å². The molecule has 0 atom stereocenters. The third kappa shape index (κ3) is 1.73. The smallest absolute Gasteiger partial charge is 0.148 e. The van der Waals surface area contributed by atoms with Crippen molar-refractivity contribution in [2.75, 3.05) is 5.73 Å². The van der Waals surface area contributed by atoms with Crippen LogP contribution in [-0.4, -0.2) is 10.2 Å². The van der Waals surface area contributed by atoms with Gasteiger partial charge in [-0.2, -0.15) is 5.10 Å². The minimum atomic E-state index is 0.626. The van der Waals surface area contributed by atoms with Crippen molar-refractivity contribution in [1.29, 1.82) is 0 Å². The molecule has 1 aromatic heterocycles. The lowest BCUT2D eigenvalue weighted by molar-refractivity contribution is 0.631. The first-order valence-electron chi connectivity index (χ1n) is 3.90. The van der Waals surface area contributed by atoms with E-state index in [1.54, 1.807) is 0 Å². The van der Waals surface area contributed by atoms with E-state index in [9.17, 15) is 0 Å². The van der Waals surface area contributed by atoms with E-state index in [4.69, 9.17) is 5.73 Å². The third-order valence-electron chi connectivity index (χ3n) is 1.76. The number of hydrogen-bond acceptors (Lipinski definition) is 2. The molecule has 0 aromatic carbocycles. The monoisotopic (exact) mass is 153 g/mol. The molecule has 1 heterocycles. The SMILES string of the molecule is Cc1c(N)n[nH]c1CC(C)C. The van der Waals surface area contributed by atoms with Gasteiger partial charge in [0.15, 0.2) is 0 Å². The second-order valence-electron chi connectivity index (χ2n) is 3.31. The first-order chi connectivity index (χ1) is 5.11. The van der Waals surface area contributed by atoms with E-state index in [1.165, 1.54) is 0 Å². The van der Waals surface area contributed by atoms with Crippen molar-refractivity contribution in [3.8, 4) is 0 Å². The number of aromatic amines is 1. The van der Waals surface area contributed by atoms with Crippen LogP contribution in [0.5, 0.6) is 0 Å². The molecule has 11 heavy (non-hydrogen) atoms. The minimum Gasteiger partial charge on any atom is -0.382 e. The second kappa shape index (κ2) is 2.95. The molecule has 1 aromatic rings. The predicted molar refractivity (Wildman–Crippen MR) is 46.3 cm³/mol. The summed E-state index contributed by atoms with van der Waals surface area (Å²) in [7, 11) is 0. The van der Waals surface area contributed by atoms with Gasteiger partial charge in [0.1, 0.15) is 5.82 Å². The Kier molecular flexibility index (Phi) is 2.17. The van der Waals surface area contributed by atoms with Gasteiger partial charge in [-0.05, 0) is 19.3 Å². The summed E-state index contributed by atoms with van der Waals surface area (Å²) in [6.45, 7) is 6.35. The van der Waals surface area contributed by atoms with Gasteiger partial charge < -0.3 is 5.73 Å². The van der Waals surface area contributed by atoms with Crippen molar-refractivity contribution in [3.05, 3.63) is 11.3 Å². The van der Waals surface area contributed by atoms with E-state index in [1.807, 2.05) is 6.92 Å². The molecule has 0 aliphatic carbocycles. The van der Waals surface area contributed by atoms with E-state index < -0.39 is 0 Å². The summed E-state index contributed by atoms with van der Waals surface area (Å²) in [6.07, 6.45) is 1.02. The van der Waals surface area contributed by atoms with E-state index in [0.717, 1.165) is 17.7 Å². The van der Waals surface area contributed by atoms with Crippen LogP contribution in [0.2, 0.25) is 0 Å². The highest BCUT2D eigenvalue weighted by molar-refractivity contribution is 5.40. The van der Waals surface area contributed by atoms with Gasteiger partial charge in [0, 0.05) is 11.3 Å². The minimum absolute atomic E-state index is 0.626.